The third-order valence-electron chi connectivity index (χ3n) is 12.3. The van der Waals surface area contributed by atoms with E-state index in [1.807, 2.05) is 12.3 Å². The Hall–Kier alpha value is -0.637. The smallest absolute Gasteiger partial charge is 0.681 e. The minimum Gasteiger partial charge on any atom is -0.681 e. The Bertz CT molecular complexity index is 924. The quantitative estimate of drug-likeness (QED) is 0.207. The van der Waals surface area contributed by atoms with Gasteiger partial charge in [0.05, 0.1) is 0 Å². The van der Waals surface area contributed by atoms with E-state index in [0.29, 0.717) is 42.3 Å². The van der Waals surface area contributed by atoms with Crippen LogP contribution >= 0.6 is 0 Å². The van der Waals surface area contributed by atoms with Gasteiger partial charge in [0.1, 0.15) is 0 Å². The maximum absolute atomic E-state index is 5.08. The van der Waals surface area contributed by atoms with Crippen LogP contribution < -0.4 is 10.6 Å². The number of allylic oxidation sites excluding steroid dienone is 2. The number of nitrogens with one attached hydrogen (secondary N) is 2. The zero-order valence-electron chi connectivity index (χ0n) is 31.8. The molecular formula is C42H70N8Ru+2. The van der Waals surface area contributed by atoms with Gasteiger partial charge in [-0.05, 0) is 44.3 Å². The molecule has 0 radical (unpaired) electrons. The molecule has 284 valence electrons. The first-order valence-corrected chi connectivity index (χ1v) is 21.4. The second kappa shape index (κ2) is 24.0. The fraction of sp³-hybridized carbons (Fsp3) is 0.857. The maximum atomic E-state index is 5.08. The van der Waals surface area contributed by atoms with Crippen LogP contribution in [-0.4, -0.2) is 94.1 Å². The van der Waals surface area contributed by atoms with E-state index in [-0.39, 0.29) is 25.5 Å². The molecule has 0 aromatic carbocycles. The van der Waals surface area contributed by atoms with Crippen molar-refractivity contribution in [3.8, 4) is 0 Å². The van der Waals surface area contributed by atoms with Crippen molar-refractivity contribution in [2.24, 2.45) is 0 Å². The van der Waals surface area contributed by atoms with Crippen molar-refractivity contribution in [3.63, 3.8) is 0 Å². The molecule has 0 bridgehead atoms. The summed E-state index contributed by atoms with van der Waals surface area (Å²) in [5, 5.41) is 36.3. The Labute approximate surface area is 325 Å². The van der Waals surface area contributed by atoms with Crippen molar-refractivity contribution in [3.05, 3.63) is 67.5 Å². The van der Waals surface area contributed by atoms with E-state index in [0.717, 1.165) is 45.8 Å². The SMILES string of the molecule is C1=C[N-]C(C(=C(C2CCCCN2)C2CCCCN2)C2CCCC[N-]2)C=C1.C1CCC(C2CCCC[N-]2)[N-]C1.C1CCC(C2CCCC[N-]2)[N-]C1.[Ru+8]. The first-order chi connectivity index (χ1) is 24.9. The first-order valence-electron chi connectivity index (χ1n) is 21.4. The molecule has 0 aliphatic carbocycles. The first kappa shape index (κ1) is 41.5. The van der Waals surface area contributed by atoms with Crippen LogP contribution in [-0.2, 0) is 19.5 Å². The number of hydrogen-bond acceptors (Lipinski definition) is 2. The summed E-state index contributed by atoms with van der Waals surface area (Å²) in [6.45, 7) is 7.69. The third kappa shape index (κ3) is 13.3. The van der Waals surface area contributed by atoms with Gasteiger partial charge in [-0.2, -0.15) is 30.4 Å². The fourth-order valence-corrected chi connectivity index (χ4v) is 9.59. The second-order valence-corrected chi connectivity index (χ2v) is 16.0. The molecule has 0 aromatic rings. The average Bonchev–Trinajstić information content (AvgIpc) is 3.23. The van der Waals surface area contributed by atoms with Gasteiger partial charge in [0.2, 0.25) is 0 Å². The topological polar surface area (TPSA) is 109 Å². The van der Waals surface area contributed by atoms with Crippen molar-refractivity contribution in [1.29, 1.82) is 0 Å². The third-order valence-corrected chi connectivity index (χ3v) is 12.3. The standard InChI is InChI=1S/C22H34N4.2C10H18N2.Ru/c1-5-13-23-17(9-1)21(18-10-2-6-14-24-18)22(19-11-3-7-15-25-19)20-12-4-8-16-26-20;2*1-3-7-11-9(5-1)10-6-2-4-8-12-10;/h1,5,9,13,17-20,25-26H,2-4,6-8,10-12,14-16H2;2*9-10H,1-8H2;/q3*-2;+8. The van der Waals surface area contributed by atoms with Gasteiger partial charge in [0.25, 0.3) is 0 Å². The Kier molecular flexibility index (Phi) is 19.5. The normalized spacial score (nSPS) is 35.7. The molecule has 9 heteroatoms. The van der Waals surface area contributed by atoms with Gasteiger partial charge in [-0.3, -0.25) is 0 Å². The summed E-state index contributed by atoms with van der Waals surface area (Å²) in [7, 11) is 0. The van der Waals surface area contributed by atoms with Gasteiger partial charge >= 0.3 is 19.5 Å². The molecule has 8 nitrogen and oxygen atoms in total. The molecule has 0 saturated carbocycles. The van der Waals surface area contributed by atoms with Gasteiger partial charge in [-0.1, -0.05) is 139 Å². The second-order valence-electron chi connectivity index (χ2n) is 16.0. The summed E-state index contributed by atoms with van der Waals surface area (Å²) in [6, 6.07) is 3.92. The molecular weight excluding hydrogens is 718 g/mol. The van der Waals surface area contributed by atoms with E-state index < -0.39 is 0 Å². The van der Waals surface area contributed by atoms with Crippen molar-refractivity contribution in [2.75, 3.05) is 45.8 Å². The number of piperidine rings is 7. The maximum Gasteiger partial charge on any atom is 8.00 e. The van der Waals surface area contributed by atoms with Crippen LogP contribution in [0.4, 0.5) is 0 Å². The predicted octanol–water partition coefficient (Wildman–Crippen LogP) is 9.99. The monoisotopic (exact) mass is 788 g/mol. The molecule has 8 aliphatic heterocycles. The van der Waals surface area contributed by atoms with Gasteiger partial charge < -0.3 is 42.5 Å². The molecule has 0 amide bonds. The van der Waals surface area contributed by atoms with Crippen LogP contribution in [0.1, 0.15) is 135 Å². The molecule has 7 saturated heterocycles. The summed E-state index contributed by atoms with van der Waals surface area (Å²) in [6.07, 6.45) is 36.0. The molecule has 8 heterocycles. The van der Waals surface area contributed by atoms with E-state index in [1.165, 1.54) is 140 Å². The molecule has 2 N–H and O–H groups in total. The fourth-order valence-electron chi connectivity index (χ4n) is 9.59. The summed E-state index contributed by atoms with van der Waals surface area (Å²) in [4.78, 5) is 0. The van der Waals surface area contributed by atoms with Crippen LogP contribution in [0.15, 0.2) is 35.6 Å². The zero-order chi connectivity index (χ0) is 34.1. The molecule has 8 atom stereocenters. The largest absolute Gasteiger partial charge is 8.00 e. The summed E-state index contributed by atoms with van der Waals surface area (Å²) in [5.41, 5.74) is 3.14. The average molecular weight is 788 g/mol. The minimum atomic E-state index is 0. The van der Waals surface area contributed by atoms with Crippen LogP contribution in [0, 0.1) is 0 Å². The van der Waals surface area contributed by atoms with E-state index >= 15 is 0 Å². The van der Waals surface area contributed by atoms with Gasteiger partial charge in [-0.15, -0.1) is 38.8 Å². The van der Waals surface area contributed by atoms with Gasteiger partial charge in [0.15, 0.2) is 0 Å². The Morgan fingerprint density at radius 3 is 1.20 bits per heavy atom. The molecule has 7 fully saturated rings. The van der Waals surface area contributed by atoms with Crippen molar-refractivity contribution < 1.29 is 19.5 Å². The van der Waals surface area contributed by atoms with E-state index in [2.05, 4.69) is 44.1 Å². The molecule has 8 unspecified atom stereocenters. The molecule has 8 aliphatic rings. The Morgan fingerprint density at radius 2 is 0.863 bits per heavy atom. The molecule has 8 rings (SSSR count). The number of rotatable bonds is 6. The molecule has 0 spiro atoms. The molecule has 0 aromatic heterocycles. The number of nitrogens with zero attached hydrogens (tertiary/aromatic N) is 6. The van der Waals surface area contributed by atoms with Crippen molar-refractivity contribution in [1.82, 2.24) is 10.6 Å². The van der Waals surface area contributed by atoms with Crippen LogP contribution in [0.2, 0.25) is 0 Å². The van der Waals surface area contributed by atoms with Crippen molar-refractivity contribution in [2.45, 2.75) is 183 Å². The summed E-state index contributed by atoms with van der Waals surface area (Å²) < 4.78 is 0. The zero-order valence-corrected chi connectivity index (χ0v) is 33.5. The van der Waals surface area contributed by atoms with Gasteiger partial charge in [0, 0.05) is 12.1 Å². The van der Waals surface area contributed by atoms with Crippen LogP contribution in [0.5, 0.6) is 0 Å². The van der Waals surface area contributed by atoms with Gasteiger partial charge in [-0.25, -0.2) is 0 Å². The molecule has 51 heavy (non-hydrogen) atoms. The van der Waals surface area contributed by atoms with Crippen LogP contribution in [0.3, 0.4) is 0 Å². The van der Waals surface area contributed by atoms with E-state index in [4.69, 9.17) is 10.6 Å². The Morgan fingerprint density at radius 1 is 0.431 bits per heavy atom. The van der Waals surface area contributed by atoms with E-state index in [1.54, 1.807) is 5.57 Å². The van der Waals surface area contributed by atoms with Crippen molar-refractivity contribution >= 4 is 0 Å². The van der Waals surface area contributed by atoms with E-state index in [9.17, 15) is 0 Å². The summed E-state index contributed by atoms with van der Waals surface area (Å²) >= 11 is 0. The minimum absolute atomic E-state index is 0. The summed E-state index contributed by atoms with van der Waals surface area (Å²) in [5.74, 6) is 0. The predicted molar refractivity (Wildman–Crippen MR) is 213 cm³/mol. The Balaban J connectivity index is 0.000000167. The number of hydrogen-bond donors (Lipinski definition) is 2. The van der Waals surface area contributed by atoms with Crippen LogP contribution in [0.25, 0.3) is 31.9 Å².